The fourth-order valence-electron chi connectivity index (χ4n) is 3.86. The molecular formula is C27H31N5O5S. The van der Waals surface area contributed by atoms with Gasteiger partial charge in [-0.1, -0.05) is 19.4 Å². The number of aromatic nitrogens is 4. The summed E-state index contributed by atoms with van der Waals surface area (Å²) in [6, 6.07) is 10.3. The Morgan fingerprint density at radius 2 is 1.74 bits per heavy atom. The van der Waals surface area contributed by atoms with Crippen LogP contribution >= 0.6 is 11.3 Å². The van der Waals surface area contributed by atoms with Crippen LogP contribution in [0, 0.1) is 0 Å². The lowest BCUT2D eigenvalue weighted by atomic mass is 10.1. The molecule has 0 aliphatic rings. The monoisotopic (exact) mass is 537 g/mol. The van der Waals surface area contributed by atoms with Gasteiger partial charge in [0.25, 0.3) is 11.5 Å². The number of benzene rings is 1. The Bertz CT molecular complexity index is 1420. The molecule has 10 nitrogen and oxygen atoms in total. The van der Waals surface area contributed by atoms with Crippen LogP contribution in [0.3, 0.4) is 0 Å². The van der Waals surface area contributed by atoms with Gasteiger partial charge in [0.05, 0.1) is 24.7 Å². The maximum Gasteiger partial charge on any atom is 0.257 e. The maximum absolute atomic E-state index is 13.5. The van der Waals surface area contributed by atoms with E-state index in [2.05, 4.69) is 20.4 Å². The third kappa shape index (κ3) is 6.05. The molecule has 200 valence electrons. The Hall–Kier alpha value is -4.12. The molecule has 2 N–H and O–H groups in total. The number of rotatable bonds is 12. The number of aromatic amines is 1. The molecule has 4 rings (SSSR count). The predicted octanol–water partition coefficient (Wildman–Crippen LogP) is 5.09. The lowest BCUT2D eigenvalue weighted by Gasteiger charge is -2.17. The number of nitrogens with zero attached hydrogens (tertiary/aromatic N) is 3. The zero-order valence-electron chi connectivity index (χ0n) is 21.9. The van der Waals surface area contributed by atoms with E-state index in [1.807, 2.05) is 45.2 Å². The van der Waals surface area contributed by atoms with Gasteiger partial charge in [-0.05, 0) is 50.8 Å². The molecule has 0 aliphatic carbocycles. The summed E-state index contributed by atoms with van der Waals surface area (Å²) in [6.45, 7) is 8.79. The summed E-state index contributed by atoms with van der Waals surface area (Å²) in [5, 5.41) is 9.52. The van der Waals surface area contributed by atoms with E-state index in [-0.39, 0.29) is 11.5 Å². The van der Waals surface area contributed by atoms with Crippen molar-refractivity contribution < 1.29 is 19.0 Å². The second-order valence-corrected chi connectivity index (χ2v) is 9.12. The van der Waals surface area contributed by atoms with E-state index in [1.54, 1.807) is 18.2 Å². The number of aryl methyl sites for hydroxylation is 1. The van der Waals surface area contributed by atoms with E-state index < -0.39 is 5.91 Å². The fraction of sp³-hybridized carbons (Fsp3) is 0.333. The zero-order chi connectivity index (χ0) is 27.1. The lowest BCUT2D eigenvalue weighted by molar-refractivity contribution is 0.102. The quantitative estimate of drug-likeness (QED) is 0.258. The van der Waals surface area contributed by atoms with Crippen LogP contribution < -0.4 is 25.1 Å². The van der Waals surface area contributed by atoms with Crippen molar-refractivity contribution >= 4 is 23.1 Å². The van der Waals surface area contributed by atoms with Gasteiger partial charge in [0.15, 0.2) is 11.5 Å². The van der Waals surface area contributed by atoms with Gasteiger partial charge < -0.3 is 19.5 Å². The number of ether oxygens (including phenoxy) is 3. The van der Waals surface area contributed by atoms with Gasteiger partial charge in [0.1, 0.15) is 11.5 Å². The highest BCUT2D eigenvalue weighted by Gasteiger charge is 2.21. The van der Waals surface area contributed by atoms with Crippen LogP contribution in [0.1, 0.15) is 50.2 Å². The standard InChI is InChI=1S/C27H31N5O5S/c1-5-10-18-15-24(33)30-27(28-18)32-23(16-19(31-32)22-11-9-12-38-22)29-26(34)17-13-20(35-6-2)25(37-8-4)21(14-17)36-7-3/h9,11-16H,5-8,10H2,1-4H3,(H,29,34)(H,28,30,33). The number of thiophene rings is 1. The Morgan fingerprint density at radius 3 is 2.34 bits per heavy atom. The number of amides is 1. The SMILES string of the molecule is CCCc1cc(=O)[nH]c(-n2nc(-c3cccs3)cc2NC(=O)c2cc(OCC)c(OCC)c(OCC)c2)n1. The van der Waals surface area contributed by atoms with Gasteiger partial charge in [-0.25, -0.2) is 4.98 Å². The molecule has 4 aromatic rings. The molecule has 1 aromatic carbocycles. The molecule has 0 bridgehead atoms. The normalized spacial score (nSPS) is 10.8. The topological polar surface area (TPSA) is 120 Å². The lowest BCUT2D eigenvalue weighted by Crippen LogP contribution is -2.19. The van der Waals surface area contributed by atoms with Crippen molar-refractivity contribution in [3.63, 3.8) is 0 Å². The van der Waals surface area contributed by atoms with Gasteiger partial charge in [0, 0.05) is 23.4 Å². The van der Waals surface area contributed by atoms with Crippen LogP contribution in [0.4, 0.5) is 5.82 Å². The van der Waals surface area contributed by atoms with E-state index in [9.17, 15) is 9.59 Å². The van der Waals surface area contributed by atoms with E-state index in [0.717, 1.165) is 11.3 Å². The molecular weight excluding hydrogens is 506 g/mol. The van der Waals surface area contributed by atoms with Crippen molar-refractivity contribution in [3.8, 4) is 33.8 Å². The second-order valence-electron chi connectivity index (χ2n) is 8.17. The summed E-state index contributed by atoms with van der Waals surface area (Å²) in [7, 11) is 0. The molecule has 1 amide bonds. The average Bonchev–Trinajstić information content (AvgIpc) is 3.56. The van der Waals surface area contributed by atoms with Gasteiger partial charge in [0.2, 0.25) is 11.7 Å². The third-order valence-electron chi connectivity index (χ3n) is 5.38. The smallest absolute Gasteiger partial charge is 0.257 e. The van der Waals surface area contributed by atoms with Crippen LogP contribution in [-0.2, 0) is 6.42 Å². The molecule has 0 radical (unpaired) electrons. The molecule has 38 heavy (non-hydrogen) atoms. The van der Waals surface area contributed by atoms with Crippen LogP contribution in [0.2, 0.25) is 0 Å². The highest BCUT2D eigenvalue weighted by Crippen LogP contribution is 2.39. The maximum atomic E-state index is 13.5. The van der Waals surface area contributed by atoms with E-state index in [4.69, 9.17) is 14.2 Å². The molecule has 0 saturated carbocycles. The van der Waals surface area contributed by atoms with Gasteiger partial charge in [-0.2, -0.15) is 9.78 Å². The molecule has 0 aliphatic heterocycles. The van der Waals surface area contributed by atoms with E-state index >= 15 is 0 Å². The molecule has 0 saturated heterocycles. The Kier molecular flexibility index (Phi) is 8.80. The van der Waals surface area contributed by atoms with Gasteiger partial charge in [-0.15, -0.1) is 11.3 Å². The van der Waals surface area contributed by atoms with Crippen molar-refractivity contribution in [1.29, 1.82) is 0 Å². The summed E-state index contributed by atoms with van der Waals surface area (Å²) in [5.41, 5.74) is 1.30. The molecule has 0 unspecified atom stereocenters. The number of H-pyrrole nitrogens is 1. The van der Waals surface area contributed by atoms with Crippen LogP contribution in [0.25, 0.3) is 16.5 Å². The van der Waals surface area contributed by atoms with Crippen molar-refractivity contribution in [2.24, 2.45) is 0 Å². The Morgan fingerprint density at radius 1 is 1.03 bits per heavy atom. The number of hydrogen-bond donors (Lipinski definition) is 2. The van der Waals surface area contributed by atoms with Crippen molar-refractivity contribution in [2.75, 3.05) is 25.1 Å². The van der Waals surface area contributed by atoms with E-state index in [1.165, 1.54) is 22.1 Å². The molecule has 11 heteroatoms. The van der Waals surface area contributed by atoms with Crippen LogP contribution in [-0.4, -0.2) is 45.5 Å². The largest absolute Gasteiger partial charge is 0.490 e. The molecule has 0 fully saturated rings. The van der Waals surface area contributed by atoms with Crippen molar-refractivity contribution in [1.82, 2.24) is 19.7 Å². The average molecular weight is 538 g/mol. The summed E-state index contributed by atoms with van der Waals surface area (Å²) < 4.78 is 18.7. The van der Waals surface area contributed by atoms with Crippen LogP contribution in [0.5, 0.6) is 17.2 Å². The summed E-state index contributed by atoms with van der Waals surface area (Å²) in [4.78, 5) is 34.1. The number of anilines is 1. The Labute approximate surface area is 224 Å². The first-order chi connectivity index (χ1) is 18.5. The molecule has 0 atom stereocenters. The minimum Gasteiger partial charge on any atom is -0.490 e. The first kappa shape index (κ1) is 26.9. The highest BCUT2D eigenvalue weighted by atomic mass is 32.1. The summed E-state index contributed by atoms with van der Waals surface area (Å²) >= 11 is 1.52. The third-order valence-corrected chi connectivity index (χ3v) is 6.28. The van der Waals surface area contributed by atoms with E-state index in [0.29, 0.717) is 66.3 Å². The molecule has 0 spiro atoms. The molecule has 3 aromatic heterocycles. The fourth-order valence-corrected chi connectivity index (χ4v) is 4.54. The zero-order valence-corrected chi connectivity index (χ0v) is 22.7. The number of carbonyl (C=O) groups is 1. The first-order valence-corrected chi connectivity index (χ1v) is 13.5. The van der Waals surface area contributed by atoms with Crippen LogP contribution in [0.15, 0.2) is 46.6 Å². The number of hydrogen-bond acceptors (Lipinski definition) is 8. The van der Waals surface area contributed by atoms with Crippen molar-refractivity contribution in [3.05, 3.63) is 63.4 Å². The summed E-state index contributed by atoms with van der Waals surface area (Å²) in [6.07, 6.45) is 1.48. The minimum absolute atomic E-state index is 0.218. The van der Waals surface area contributed by atoms with Gasteiger partial charge in [-0.3, -0.25) is 14.6 Å². The predicted molar refractivity (Wildman–Crippen MR) is 147 cm³/mol. The molecule has 3 heterocycles. The van der Waals surface area contributed by atoms with Gasteiger partial charge >= 0.3 is 0 Å². The minimum atomic E-state index is -0.416. The number of carbonyl (C=O) groups excluding carboxylic acids is 1. The van der Waals surface area contributed by atoms with Crippen molar-refractivity contribution in [2.45, 2.75) is 40.5 Å². The number of nitrogens with one attached hydrogen (secondary N) is 2. The Balaban J connectivity index is 1.77. The second kappa shape index (κ2) is 12.4. The first-order valence-electron chi connectivity index (χ1n) is 12.6. The summed E-state index contributed by atoms with van der Waals surface area (Å²) in [5.74, 6) is 1.43. The highest BCUT2D eigenvalue weighted by molar-refractivity contribution is 7.13.